The molecular formula is C18H20N2O3S. The van der Waals surface area contributed by atoms with Gasteiger partial charge in [0.25, 0.3) is 0 Å². The van der Waals surface area contributed by atoms with Crippen LogP contribution in [0.5, 0.6) is 0 Å². The minimum atomic E-state index is -3.57. The van der Waals surface area contributed by atoms with Gasteiger partial charge in [0.2, 0.25) is 15.9 Å². The molecule has 1 aliphatic rings. The highest BCUT2D eigenvalue weighted by atomic mass is 32.2. The molecule has 1 amide bonds. The summed E-state index contributed by atoms with van der Waals surface area (Å²) in [6.45, 7) is 2.26. The predicted molar refractivity (Wildman–Crippen MR) is 93.5 cm³/mol. The zero-order valence-electron chi connectivity index (χ0n) is 13.5. The quantitative estimate of drug-likeness (QED) is 0.905. The van der Waals surface area contributed by atoms with Crippen LogP contribution in [-0.2, 0) is 21.2 Å². The summed E-state index contributed by atoms with van der Waals surface area (Å²) in [5.74, 6) is 0.0313. The summed E-state index contributed by atoms with van der Waals surface area (Å²) in [7, 11) is -3.57. The van der Waals surface area contributed by atoms with Gasteiger partial charge in [-0.1, -0.05) is 36.4 Å². The first-order valence-corrected chi connectivity index (χ1v) is 9.41. The second-order valence-electron chi connectivity index (χ2n) is 5.84. The van der Waals surface area contributed by atoms with E-state index in [0.29, 0.717) is 18.5 Å². The first-order chi connectivity index (χ1) is 11.5. The van der Waals surface area contributed by atoms with E-state index < -0.39 is 10.0 Å². The second-order valence-corrected chi connectivity index (χ2v) is 7.57. The molecule has 5 nitrogen and oxygen atoms in total. The lowest BCUT2D eigenvalue weighted by Gasteiger charge is -2.29. The van der Waals surface area contributed by atoms with Crippen LogP contribution < -0.4 is 9.62 Å². The Kier molecular flexibility index (Phi) is 4.69. The third kappa shape index (κ3) is 3.34. The van der Waals surface area contributed by atoms with Crippen LogP contribution in [0.2, 0.25) is 0 Å². The van der Waals surface area contributed by atoms with Gasteiger partial charge in [0.05, 0.1) is 4.90 Å². The number of sulfonamides is 1. The maximum absolute atomic E-state index is 12.4. The Hall–Kier alpha value is -2.18. The van der Waals surface area contributed by atoms with E-state index in [1.54, 1.807) is 36.1 Å². The van der Waals surface area contributed by atoms with E-state index in [9.17, 15) is 13.2 Å². The molecule has 0 atom stereocenters. The predicted octanol–water partition coefficient (Wildman–Crippen LogP) is 2.25. The average Bonchev–Trinajstić information content (AvgIpc) is 2.57. The number of aryl methyl sites for hydroxylation is 2. The van der Waals surface area contributed by atoms with Gasteiger partial charge >= 0.3 is 0 Å². The van der Waals surface area contributed by atoms with E-state index in [4.69, 9.17) is 0 Å². The van der Waals surface area contributed by atoms with Crippen molar-refractivity contribution < 1.29 is 13.2 Å². The van der Waals surface area contributed by atoms with Crippen LogP contribution in [0.3, 0.4) is 0 Å². The van der Waals surface area contributed by atoms with Crippen LogP contribution >= 0.6 is 0 Å². The van der Waals surface area contributed by atoms with Crippen LogP contribution in [0.15, 0.2) is 53.4 Å². The van der Waals surface area contributed by atoms with Crippen molar-refractivity contribution in [1.29, 1.82) is 0 Å². The molecule has 2 aromatic carbocycles. The molecule has 0 fully saturated rings. The highest BCUT2D eigenvalue weighted by Gasteiger charge is 2.24. The number of rotatable bonds is 5. The van der Waals surface area contributed by atoms with Gasteiger partial charge in [-0.05, 0) is 36.6 Å². The van der Waals surface area contributed by atoms with Gasteiger partial charge in [-0.25, -0.2) is 13.1 Å². The fraction of sp³-hybridized carbons (Fsp3) is 0.278. The molecule has 3 rings (SSSR count). The van der Waals surface area contributed by atoms with Crippen LogP contribution in [0, 0.1) is 6.92 Å². The zero-order chi connectivity index (χ0) is 17.2. The largest absolute Gasteiger partial charge is 0.311 e. The Labute approximate surface area is 142 Å². The topological polar surface area (TPSA) is 66.5 Å². The molecule has 0 bridgehead atoms. The minimum Gasteiger partial charge on any atom is -0.311 e. The first kappa shape index (κ1) is 16.7. The summed E-state index contributed by atoms with van der Waals surface area (Å²) in [5, 5.41) is 0. The van der Waals surface area contributed by atoms with E-state index in [1.807, 2.05) is 24.3 Å². The SMILES string of the molecule is Cc1ccccc1S(=O)(=O)NCCN1C(=O)CCc2ccccc21. The van der Waals surface area contributed by atoms with E-state index >= 15 is 0 Å². The highest BCUT2D eigenvalue weighted by Crippen LogP contribution is 2.27. The van der Waals surface area contributed by atoms with E-state index in [0.717, 1.165) is 17.7 Å². The fourth-order valence-corrected chi connectivity index (χ4v) is 4.23. The lowest BCUT2D eigenvalue weighted by molar-refractivity contribution is -0.118. The Morgan fingerprint density at radius 2 is 1.75 bits per heavy atom. The van der Waals surface area contributed by atoms with Gasteiger partial charge in [0.1, 0.15) is 0 Å². The van der Waals surface area contributed by atoms with Gasteiger partial charge in [0, 0.05) is 25.2 Å². The number of anilines is 1. The molecule has 126 valence electrons. The summed E-state index contributed by atoms with van der Waals surface area (Å²) >= 11 is 0. The number of hydrogen-bond acceptors (Lipinski definition) is 3. The third-order valence-electron chi connectivity index (χ3n) is 4.20. The Morgan fingerprint density at radius 1 is 1.04 bits per heavy atom. The maximum atomic E-state index is 12.4. The molecule has 0 aromatic heterocycles. The van der Waals surface area contributed by atoms with Crippen molar-refractivity contribution in [3.63, 3.8) is 0 Å². The number of carbonyl (C=O) groups excluding carboxylic acids is 1. The van der Waals surface area contributed by atoms with Crippen molar-refractivity contribution in [2.24, 2.45) is 0 Å². The number of nitrogens with zero attached hydrogens (tertiary/aromatic N) is 1. The number of amides is 1. The molecule has 0 spiro atoms. The smallest absolute Gasteiger partial charge is 0.240 e. The summed E-state index contributed by atoms with van der Waals surface area (Å²) in [5.41, 5.74) is 2.70. The maximum Gasteiger partial charge on any atom is 0.240 e. The van der Waals surface area contributed by atoms with E-state index in [-0.39, 0.29) is 17.3 Å². The van der Waals surface area contributed by atoms with Gasteiger partial charge in [-0.2, -0.15) is 0 Å². The normalized spacial score (nSPS) is 14.5. The minimum absolute atomic E-state index is 0.0313. The molecule has 24 heavy (non-hydrogen) atoms. The number of nitrogens with one attached hydrogen (secondary N) is 1. The fourth-order valence-electron chi connectivity index (χ4n) is 2.97. The molecule has 0 unspecified atom stereocenters. The second kappa shape index (κ2) is 6.75. The monoisotopic (exact) mass is 344 g/mol. The zero-order valence-corrected chi connectivity index (χ0v) is 14.3. The number of fused-ring (bicyclic) bond motifs is 1. The lowest BCUT2D eigenvalue weighted by Crippen LogP contribution is -2.41. The van der Waals surface area contributed by atoms with Gasteiger partial charge in [0.15, 0.2) is 0 Å². The van der Waals surface area contributed by atoms with E-state index in [1.165, 1.54) is 0 Å². The van der Waals surface area contributed by atoms with Crippen molar-refractivity contribution in [2.75, 3.05) is 18.0 Å². The van der Waals surface area contributed by atoms with Gasteiger partial charge in [-0.3, -0.25) is 4.79 Å². The summed E-state index contributed by atoms with van der Waals surface area (Å²) in [6, 6.07) is 14.6. The van der Waals surface area contributed by atoms with Crippen LogP contribution in [0.1, 0.15) is 17.5 Å². The van der Waals surface area contributed by atoms with Crippen molar-refractivity contribution in [3.8, 4) is 0 Å². The number of para-hydroxylation sites is 1. The molecule has 0 aliphatic carbocycles. The van der Waals surface area contributed by atoms with Crippen LogP contribution in [0.25, 0.3) is 0 Å². The Balaban J connectivity index is 1.71. The summed E-state index contributed by atoms with van der Waals surface area (Å²) in [6.07, 6.45) is 1.20. The average molecular weight is 344 g/mol. The molecule has 0 saturated carbocycles. The highest BCUT2D eigenvalue weighted by molar-refractivity contribution is 7.89. The van der Waals surface area contributed by atoms with Crippen LogP contribution in [-0.4, -0.2) is 27.4 Å². The van der Waals surface area contributed by atoms with E-state index in [2.05, 4.69) is 4.72 Å². The summed E-state index contributed by atoms with van der Waals surface area (Å²) in [4.78, 5) is 14.1. The van der Waals surface area contributed by atoms with Crippen molar-refractivity contribution in [1.82, 2.24) is 4.72 Å². The molecule has 0 saturated heterocycles. The third-order valence-corrected chi connectivity index (χ3v) is 5.82. The molecule has 0 radical (unpaired) electrons. The molecule has 1 heterocycles. The molecular weight excluding hydrogens is 324 g/mol. The lowest BCUT2D eigenvalue weighted by atomic mass is 10.0. The number of benzene rings is 2. The Bertz CT molecular complexity index is 862. The first-order valence-electron chi connectivity index (χ1n) is 7.92. The number of carbonyl (C=O) groups is 1. The van der Waals surface area contributed by atoms with Crippen LogP contribution in [0.4, 0.5) is 5.69 Å². The van der Waals surface area contributed by atoms with Crippen molar-refractivity contribution >= 4 is 21.6 Å². The summed E-state index contributed by atoms with van der Waals surface area (Å²) < 4.78 is 27.4. The Morgan fingerprint density at radius 3 is 2.54 bits per heavy atom. The van der Waals surface area contributed by atoms with Crippen molar-refractivity contribution in [3.05, 3.63) is 59.7 Å². The molecule has 6 heteroatoms. The number of hydrogen-bond donors (Lipinski definition) is 1. The molecule has 1 N–H and O–H groups in total. The molecule has 2 aromatic rings. The van der Waals surface area contributed by atoms with Gasteiger partial charge < -0.3 is 4.90 Å². The molecule has 1 aliphatic heterocycles. The van der Waals surface area contributed by atoms with Gasteiger partial charge in [-0.15, -0.1) is 0 Å². The standard InChI is InChI=1S/C18H20N2O3S/c1-14-6-2-5-9-17(14)24(22,23)19-12-13-20-16-8-4-3-7-15(16)10-11-18(20)21/h2-9,19H,10-13H2,1H3. The van der Waals surface area contributed by atoms with Crippen molar-refractivity contribution in [2.45, 2.75) is 24.7 Å².